The van der Waals surface area contributed by atoms with Crippen LogP contribution in [0, 0.1) is 5.82 Å². The molecule has 21 heavy (non-hydrogen) atoms. The van der Waals surface area contributed by atoms with E-state index in [1.807, 2.05) is 6.07 Å². The van der Waals surface area contributed by atoms with E-state index in [9.17, 15) is 9.18 Å². The molecule has 0 aliphatic heterocycles. The SMILES string of the molecule is COc1ccc2c(c1)[nH]c(=O)c1c3cccc(F)c3cn21. The summed E-state index contributed by atoms with van der Waals surface area (Å²) in [5.41, 5.74) is 1.63. The van der Waals surface area contributed by atoms with E-state index in [1.54, 1.807) is 42.0 Å². The standard InChI is InChI=1S/C16H11FN2O2/c1-21-9-5-6-14-13(7-9)18-16(20)15-10-3-2-4-12(17)11(10)8-19(14)15/h2-8H,1H3,(H,18,20). The molecule has 2 aromatic carbocycles. The van der Waals surface area contributed by atoms with Crippen LogP contribution in [0.2, 0.25) is 0 Å². The second-order valence-corrected chi connectivity index (χ2v) is 4.89. The van der Waals surface area contributed by atoms with Crippen molar-refractivity contribution < 1.29 is 9.13 Å². The highest BCUT2D eigenvalue weighted by atomic mass is 19.1. The number of H-pyrrole nitrogens is 1. The summed E-state index contributed by atoms with van der Waals surface area (Å²) in [7, 11) is 1.57. The first-order chi connectivity index (χ1) is 10.2. The van der Waals surface area contributed by atoms with Crippen LogP contribution in [0.5, 0.6) is 5.75 Å². The van der Waals surface area contributed by atoms with E-state index in [0.717, 1.165) is 5.52 Å². The van der Waals surface area contributed by atoms with E-state index in [0.29, 0.717) is 27.6 Å². The van der Waals surface area contributed by atoms with Gasteiger partial charge in [0.25, 0.3) is 5.56 Å². The molecule has 0 atom stereocenters. The van der Waals surface area contributed by atoms with Crippen molar-refractivity contribution >= 4 is 27.3 Å². The summed E-state index contributed by atoms with van der Waals surface area (Å²) in [5.74, 6) is 0.317. The number of aromatic amines is 1. The number of hydrogen-bond acceptors (Lipinski definition) is 2. The number of ether oxygens (including phenoxy) is 1. The molecule has 0 saturated heterocycles. The van der Waals surface area contributed by atoms with Crippen LogP contribution < -0.4 is 10.3 Å². The van der Waals surface area contributed by atoms with Crippen molar-refractivity contribution in [2.75, 3.05) is 7.11 Å². The Kier molecular flexibility index (Phi) is 2.33. The number of nitrogens with one attached hydrogen (secondary N) is 1. The molecule has 4 rings (SSSR count). The molecular weight excluding hydrogens is 271 g/mol. The van der Waals surface area contributed by atoms with E-state index in [2.05, 4.69) is 4.98 Å². The van der Waals surface area contributed by atoms with Crippen LogP contribution in [0.25, 0.3) is 27.3 Å². The van der Waals surface area contributed by atoms with Gasteiger partial charge in [-0.3, -0.25) is 4.79 Å². The number of rotatable bonds is 1. The number of hydrogen-bond donors (Lipinski definition) is 1. The zero-order chi connectivity index (χ0) is 14.6. The van der Waals surface area contributed by atoms with E-state index in [-0.39, 0.29) is 11.4 Å². The van der Waals surface area contributed by atoms with Crippen molar-refractivity contribution in [3.63, 3.8) is 0 Å². The molecule has 1 N–H and O–H groups in total. The highest BCUT2D eigenvalue weighted by molar-refractivity contribution is 5.99. The Balaban J connectivity index is 2.28. The van der Waals surface area contributed by atoms with Gasteiger partial charge in [-0.05, 0) is 18.2 Å². The Morgan fingerprint density at radius 2 is 2.05 bits per heavy atom. The molecule has 0 radical (unpaired) electrons. The van der Waals surface area contributed by atoms with E-state index in [1.165, 1.54) is 6.07 Å². The molecule has 0 spiro atoms. The lowest BCUT2D eigenvalue weighted by molar-refractivity contribution is 0.415. The number of benzene rings is 2. The maximum Gasteiger partial charge on any atom is 0.273 e. The summed E-state index contributed by atoms with van der Waals surface area (Å²) >= 11 is 0. The van der Waals surface area contributed by atoms with Gasteiger partial charge in [-0.2, -0.15) is 0 Å². The third-order valence-electron chi connectivity index (χ3n) is 3.73. The zero-order valence-electron chi connectivity index (χ0n) is 11.2. The highest BCUT2D eigenvalue weighted by Crippen LogP contribution is 2.26. The maximum atomic E-state index is 13.9. The van der Waals surface area contributed by atoms with Gasteiger partial charge in [-0.25, -0.2) is 4.39 Å². The van der Waals surface area contributed by atoms with E-state index >= 15 is 0 Å². The Hall–Kier alpha value is -2.82. The highest BCUT2D eigenvalue weighted by Gasteiger charge is 2.12. The Morgan fingerprint density at radius 1 is 1.19 bits per heavy atom. The smallest absolute Gasteiger partial charge is 0.273 e. The van der Waals surface area contributed by atoms with Crippen LogP contribution in [-0.4, -0.2) is 16.5 Å². The lowest BCUT2D eigenvalue weighted by atomic mass is 10.2. The third-order valence-corrected chi connectivity index (χ3v) is 3.73. The molecule has 0 aliphatic carbocycles. The molecule has 0 amide bonds. The molecule has 0 aliphatic rings. The number of halogens is 1. The molecule has 0 saturated carbocycles. The molecule has 4 nitrogen and oxygen atoms in total. The predicted octanol–water partition coefficient (Wildman–Crippen LogP) is 3.08. The summed E-state index contributed by atoms with van der Waals surface area (Å²) < 4.78 is 20.8. The Morgan fingerprint density at radius 3 is 2.86 bits per heavy atom. The van der Waals surface area contributed by atoms with Crippen LogP contribution in [0.3, 0.4) is 0 Å². The summed E-state index contributed by atoms with van der Waals surface area (Å²) in [5, 5.41) is 1.04. The molecule has 2 heterocycles. The number of aromatic nitrogens is 2. The first-order valence-corrected chi connectivity index (χ1v) is 6.48. The van der Waals surface area contributed by atoms with Gasteiger partial charge in [0.1, 0.15) is 17.1 Å². The molecule has 0 bridgehead atoms. The quantitative estimate of drug-likeness (QED) is 0.583. The van der Waals surface area contributed by atoms with Crippen molar-refractivity contribution in [1.29, 1.82) is 0 Å². The zero-order valence-corrected chi connectivity index (χ0v) is 11.2. The minimum Gasteiger partial charge on any atom is -0.497 e. The fourth-order valence-electron chi connectivity index (χ4n) is 2.75. The van der Waals surface area contributed by atoms with Crippen molar-refractivity contribution in [2.24, 2.45) is 0 Å². The van der Waals surface area contributed by atoms with Gasteiger partial charge in [0.2, 0.25) is 0 Å². The molecular formula is C16H11FN2O2. The van der Waals surface area contributed by atoms with Gasteiger partial charge in [-0.1, -0.05) is 12.1 Å². The summed E-state index contributed by atoms with van der Waals surface area (Å²) in [6.45, 7) is 0. The maximum absolute atomic E-state index is 13.9. The molecule has 4 aromatic rings. The van der Waals surface area contributed by atoms with Crippen molar-refractivity contribution in [3.05, 3.63) is 58.8 Å². The van der Waals surface area contributed by atoms with Gasteiger partial charge in [0.15, 0.2) is 0 Å². The summed E-state index contributed by atoms with van der Waals surface area (Å²) in [6.07, 6.45) is 1.66. The second-order valence-electron chi connectivity index (χ2n) is 4.89. The fraction of sp³-hybridized carbons (Fsp3) is 0.0625. The number of methoxy groups -OCH3 is 1. The van der Waals surface area contributed by atoms with Crippen LogP contribution in [-0.2, 0) is 0 Å². The third kappa shape index (κ3) is 1.57. The minimum atomic E-state index is -0.336. The summed E-state index contributed by atoms with van der Waals surface area (Å²) in [4.78, 5) is 15.2. The lowest BCUT2D eigenvalue weighted by Gasteiger charge is -2.05. The van der Waals surface area contributed by atoms with Gasteiger partial charge in [0, 0.05) is 23.0 Å². The van der Waals surface area contributed by atoms with Crippen LogP contribution >= 0.6 is 0 Å². The van der Waals surface area contributed by atoms with E-state index in [4.69, 9.17) is 4.74 Å². The van der Waals surface area contributed by atoms with Crippen molar-refractivity contribution in [2.45, 2.75) is 0 Å². The lowest BCUT2D eigenvalue weighted by Crippen LogP contribution is -2.09. The molecule has 2 aromatic heterocycles. The Bertz CT molecular complexity index is 1060. The Labute approximate surface area is 118 Å². The number of fused-ring (bicyclic) bond motifs is 5. The predicted molar refractivity (Wildman–Crippen MR) is 79.5 cm³/mol. The molecule has 104 valence electrons. The van der Waals surface area contributed by atoms with Crippen LogP contribution in [0.15, 0.2) is 47.4 Å². The first-order valence-electron chi connectivity index (χ1n) is 6.48. The van der Waals surface area contributed by atoms with Gasteiger partial charge < -0.3 is 14.1 Å². The monoisotopic (exact) mass is 282 g/mol. The normalized spacial score (nSPS) is 11.5. The van der Waals surface area contributed by atoms with Crippen LogP contribution in [0.1, 0.15) is 0 Å². The van der Waals surface area contributed by atoms with Crippen molar-refractivity contribution in [1.82, 2.24) is 9.38 Å². The minimum absolute atomic E-state index is 0.253. The van der Waals surface area contributed by atoms with Gasteiger partial charge >= 0.3 is 0 Å². The van der Waals surface area contributed by atoms with Crippen LogP contribution in [0.4, 0.5) is 4.39 Å². The second kappa shape index (κ2) is 4.09. The average molecular weight is 282 g/mol. The fourth-order valence-corrected chi connectivity index (χ4v) is 2.75. The number of nitrogens with zero attached hydrogens (tertiary/aromatic N) is 1. The molecule has 0 fully saturated rings. The molecule has 5 heteroatoms. The van der Waals surface area contributed by atoms with Gasteiger partial charge in [-0.15, -0.1) is 0 Å². The van der Waals surface area contributed by atoms with Crippen molar-refractivity contribution in [3.8, 4) is 5.75 Å². The molecule has 0 unspecified atom stereocenters. The average Bonchev–Trinajstić information content (AvgIpc) is 2.88. The van der Waals surface area contributed by atoms with E-state index < -0.39 is 0 Å². The first kappa shape index (κ1) is 12.0. The van der Waals surface area contributed by atoms with Gasteiger partial charge in [0.05, 0.1) is 18.1 Å². The summed E-state index contributed by atoms with van der Waals surface area (Å²) in [6, 6.07) is 10.1. The largest absolute Gasteiger partial charge is 0.497 e. The topological polar surface area (TPSA) is 46.5 Å².